The first-order valence-electron chi connectivity index (χ1n) is 11.6. The predicted molar refractivity (Wildman–Crippen MR) is 141 cm³/mol. The molecule has 3 aromatic carbocycles. The third-order valence-electron chi connectivity index (χ3n) is 5.52. The number of benzene rings is 3. The number of methoxy groups -OCH3 is 1. The zero-order chi connectivity index (χ0) is 26.3. The molecule has 0 saturated heterocycles. The van der Waals surface area contributed by atoms with E-state index in [1.165, 1.54) is 25.7 Å². The minimum absolute atomic E-state index is 0.0749. The lowest BCUT2D eigenvalue weighted by atomic mass is 10.1. The zero-order valence-corrected chi connectivity index (χ0v) is 20.3. The topological polar surface area (TPSA) is 108 Å². The van der Waals surface area contributed by atoms with Crippen LogP contribution < -0.4 is 14.9 Å². The molecule has 9 heteroatoms. The van der Waals surface area contributed by atoms with E-state index < -0.39 is 11.9 Å². The standard InChI is InChI=1S/C29H22N4O5/c1-36-26-17-20(14-15-24(26)38-29(35)25-13-8-16-37-25)18-30-31-28(34)23-19-33(22-11-6-3-7-12-22)32-27(23)21-9-4-2-5-10-21/h2-19H,1H3,(H,31,34). The number of carbonyl (C=O) groups excluding carboxylic acids is 2. The number of esters is 1. The number of furan rings is 1. The van der Waals surface area contributed by atoms with Crippen LogP contribution in [0.25, 0.3) is 16.9 Å². The van der Waals surface area contributed by atoms with Crippen LogP contribution in [0.4, 0.5) is 0 Å². The lowest BCUT2D eigenvalue weighted by Gasteiger charge is -2.09. The molecule has 1 N–H and O–H groups in total. The lowest BCUT2D eigenvalue weighted by Crippen LogP contribution is -2.18. The Morgan fingerprint density at radius 3 is 2.42 bits per heavy atom. The number of aromatic nitrogens is 2. The van der Waals surface area contributed by atoms with Gasteiger partial charge in [0.25, 0.3) is 5.91 Å². The van der Waals surface area contributed by atoms with Gasteiger partial charge in [-0.2, -0.15) is 10.2 Å². The predicted octanol–water partition coefficient (Wildman–Crippen LogP) is 5.12. The van der Waals surface area contributed by atoms with Gasteiger partial charge in [0.15, 0.2) is 11.5 Å². The molecule has 0 atom stereocenters. The number of ether oxygens (including phenoxy) is 2. The summed E-state index contributed by atoms with van der Waals surface area (Å²) in [6.07, 6.45) is 4.52. The van der Waals surface area contributed by atoms with Crippen molar-refractivity contribution in [3.63, 3.8) is 0 Å². The van der Waals surface area contributed by atoms with Gasteiger partial charge in [-0.1, -0.05) is 48.5 Å². The molecule has 2 heterocycles. The Morgan fingerprint density at radius 2 is 1.71 bits per heavy atom. The highest BCUT2D eigenvalue weighted by atomic mass is 16.6. The Bertz CT molecular complexity index is 1580. The number of para-hydroxylation sites is 1. The summed E-state index contributed by atoms with van der Waals surface area (Å²) >= 11 is 0. The van der Waals surface area contributed by atoms with E-state index in [-0.39, 0.29) is 11.5 Å². The molecule has 0 spiro atoms. The van der Waals surface area contributed by atoms with Gasteiger partial charge in [-0.3, -0.25) is 4.79 Å². The van der Waals surface area contributed by atoms with E-state index in [0.29, 0.717) is 22.6 Å². The smallest absolute Gasteiger partial charge is 0.379 e. The van der Waals surface area contributed by atoms with Crippen LogP contribution >= 0.6 is 0 Å². The summed E-state index contributed by atoms with van der Waals surface area (Å²) in [7, 11) is 1.46. The summed E-state index contributed by atoms with van der Waals surface area (Å²) < 4.78 is 17.4. The number of amides is 1. The molecule has 5 aromatic rings. The highest BCUT2D eigenvalue weighted by Gasteiger charge is 2.19. The minimum Gasteiger partial charge on any atom is -0.493 e. The van der Waals surface area contributed by atoms with Crippen LogP contribution in [0, 0.1) is 0 Å². The maximum Gasteiger partial charge on any atom is 0.379 e. The SMILES string of the molecule is COc1cc(C=NNC(=O)c2cn(-c3ccccc3)nc2-c2ccccc2)ccc1OC(=O)c1ccco1. The number of hydrogen-bond acceptors (Lipinski definition) is 7. The Labute approximate surface area is 217 Å². The lowest BCUT2D eigenvalue weighted by molar-refractivity contribution is 0.0696. The fourth-order valence-corrected chi connectivity index (χ4v) is 3.68. The molecule has 38 heavy (non-hydrogen) atoms. The van der Waals surface area contributed by atoms with Gasteiger partial charge in [0.05, 0.1) is 30.8 Å². The normalized spacial score (nSPS) is 10.9. The molecule has 9 nitrogen and oxygen atoms in total. The van der Waals surface area contributed by atoms with E-state index in [1.54, 1.807) is 35.1 Å². The van der Waals surface area contributed by atoms with Crippen molar-refractivity contribution in [3.05, 3.63) is 120 Å². The van der Waals surface area contributed by atoms with Crippen molar-refractivity contribution in [1.82, 2.24) is 15.2 Å². The molecule has 0 bridgehead atoms. The molecule has 1 amide bonds. The fourth-order valence-electron chi connectivity index (χ4n) is 3.68. The molecular formula is C29H22N4O5. The second kappa shape index (κ2) is 11.1. The summed E-state index contributed by atoms with van der Waals surface area (Å²) in [5, 5.41) is 8.75. The van der Waals surface area contributed by atoms with Gasteiger partial charge in [-0.25, -0.2) is 14.9 Å². The van der Waals surface area contributed by atoms with Crippen LogP contribution in [0.2, 0.25) is 0 Å². The third-order valence-corrected chi connectivity index (χ3v) is 5.52. The molecule has 0 saturated carbocycles. The molecule has 0 aliphatic rings. The average molecular weight is 507 g/mol. The maximum atomic E-state index is 13.1. The highest BCUT2D eigenvalue weighted by Crippen LogP contribution is 2.28. The van der Waals surface area contributed by atoms with Gasteiger partial charge in [0.1, 0.15) is 5.69 Å². The van der Waals surface area contributed by atoms with Crippen molar-refractivity contribution in [3.8, 4) is 28.4 Å². The van der Waals surface area contributed by atoms with Crippen LogP contribution in [0.3, 0.4) is 0 Å². The van der Waals surface area contributed by atoms with E-state index in [1.807, 2.05) is 60.7 Å². The largest absolute Gasteiger partial charge is 0.493 e. The van der Waals surface area contributed by atoms with Crippen molar-refractivity contribution in [1.29, 1.82) is 0 Å². The summed E-state index contributed by atoms with van der Waals surface area (Å²) in [5.41, 5.74) is 5.71. The molecular weight excluding hydrogens is 484 g/mol. The van der Waals surface area contributed by atoms with E-state index in [4.69, 9.17) is 13.9 Å². The van der Waals surface area contributed by atoms with Crippen molar-refractivity contribution >= 4 is 18.1 Å². The zero-order valence-electron chi connectivity index (χ0n) is 20.3. The Balaban J connectivity index is 1.34. The third kappa shape index (κ3) is 5.36. The van der Waals surface area contributed by atoms with Gasteiger partial charge in [0.2, 0.25) is 5.76 Å². The Hall–Kier alpha value is -5.44. The van der Waals surface area contributed by atoms with Gasteiger partial charge in [-0.05, 0) is 48.0 Å². The van der Waals surface area contributed by atoms with E-state index in [2.05, 4.69) is 15.6 Å². The second-order valence-corrected chi connectivity index (χ2v) is 8.01. The second-order valence-electron chi connectivity index (χ2n) is 8.01. The van der Waals surface area contributed by atoms with Crippen LogP contribution in [0.5, 0.6) is 11.5 Å². The van der Waals surface area contributed by atoms with Crippen LogP contribution in [0.1, 0.15) is 26.5 Å². The summed E-state index contributed by atoms with van der Waals surface area (Å²) in [6, 6.07) is 27.0. The van der Waals surface area contributed by atoms with Crippen molar-refractivity contribution in [2.45, 2.75) is 0 Å². The van der Waals surface area contributed by atoms with Crippen molar-refractivity contribution in [2.24, 2.45) is 5.10 Å². The average Bonchev–Trinajstić information content (AvgIpc) is 3.66. The highest BCUT2D eigenvalue weighted by molar-refractivity contribution is 6.00. The van der Waals surface area contributed by atoms with Crippen molar-refractivity contribution < 1.29 is 23.5 Å². The first-order chi connectivity index (χ1) is 18.6. The molecule has 0 aliphatic heterocycles. The number of hydrogen-bond donors (Lipinski definition) is 1. The van der Waals surface area contributed by atoms with Gasteiger partial charge >= 0.3 is 5.97 Å². The molecule has 5 rings (SSSR count). The first kappa shape index (κ1) is 24.3. The van der Waals surface area contributed by atoms with E-state index in [9.17, 15) is 9.59 Å². The molecule has 188 valence electrons. The van der Waals surface area contributed by atoms with E-state index in [0.717, 1.165) is 11.3 Å². The van der Waals surface area contributed by atoms with E-state index >= 15 is 0 Å². The van der Waals surface area contributed by atoms with Gasteiger partial charge in [0, 0.05) is 11.8 Å². The van der Waals surface area contributed by atoms with Crippen LogP contribution in [-0.4, -0.2) is 35.0 Å². The number of nitrogens with zero attached hydrogens (tertiary/aromatic N) is 3. The molecule has 2 aromatic heterocycles. The fraction of sp³-hybridized carbons (Fsp3) is 0.0345. The summed E-state index contributed by atoms with van der Waals surface area (Å²) in [5.74, 6) is -0.456. The maximum absolute atomic E-state index is 13.1. The first-order valence-corrected chi connectivity index (χ1v) is 11.6. The monoisotopic (exact) mass is 506 g/mol. The van der Waals surface area contributed by atoms with Crippen LogP contribution in [-0.2, 0) is 0 Å². The quantitative estimate of drug-likeness (QED) is 0.135. The number of hydrazone groups is 1. The molecule has 0 fully saturated rings. The Kier molecular flexibility index (Phi) is 7.08. The number of rotatable bonds is 8. The van der Waals surface area contributed by atoms with Crippen molar-refractivity contribution in [2.75, 3.05) is 7.11 Å². The minimum atomic E-state index is -0.646. The summed E-state index contributed by atoms with van der Waals surface area (Å²) in [4.78, 5) is 25.3. The van der Waals surface area contributed by atoms with Gasteiger partial charge < -0.3 is 13.9 Å². The summed E-state index contributed by atoms with van der Waals surface area (Å²) in [6.45, 7) is 0. The number of carbonyl (C=O) groups is 2. The number of nitrogens with one attached hydrogen (secondary N) is 1. The molecule has 0 aliphatic carbocycles. The Morgan fingerprint density at radius 1 is 0.947 bits per heavy atom. The molecule has 0 unspecified atom stereocenters. The van der Waals surface area contributed by atoms with Crippen LogP contribution in [0.15, 0.2) is 113 Å². The molecule has 0 radical (unpaired) electrons. The van der Waals surface area contributed by atoms with Gasteiger partial charge in [-0.15, -0.1) is 0 Å².